The van der Waals surface area contributed by atoms with E-state index < -0.39 is 0 Å². The molecule has 3 aliphatic rings. The van der Waals surface area contributed by atoms with Crippen molar-refractivity contribution in [2.24, 2.45) is 10.9 Å². The van der Waals surface area contributed by atoms with Crippen molar-refractivity contribution >= 4 is 23.3 Å². The summed E-state index contributed by atoms with van der Waals surface area (Å²) >= 11 is 0. The molecule has 2 aromatic heterocycles. The summed E-state index contributed by atoms with van der Waals surface area (Å²) in [5.74, 6) is 2.28. The molecule has 0 bridgehead atoms. The summed E-state index contributed by atoms with van der Waals surface area (Å²) in [5.41, 5.74) is 3.18. The first-order valence-electron chi connectivity index (χ1n) is 9.84. The van der Waals surface area contributed by atoms with E-state index in [1.807, 2.05) is 11.4 Å². The Morgan fingerprint density at radius 2 is 2.19 bits per heavy atom. The van der Waals surface area contributed by atoms with Crippen LogP contribution in [0.25, 0.3) is 5.52 Å². The summed E-state index contributed by atoms with van der Waals surface area (Å²) in [6.07, 6.45) is 7.43. The number of nitrogens with one attached hydrogen (secondary N) is 1. The van der Waals surface area contributed by atoms with Crippen LogP contribution in [0.4, 0.5) is 5.82 Å². The SMILES string of the molecule is Cc1nc(C2CCOC2)c2c(N3CCC(C=N)C(=NC4CC4)C3)ncnn12. The van der Waals surface area contributed by atoms with E-state index in [1.54, 1.807) is 12.5 Å². The first kappa shape index (κ1) is 16.8. The Morgan fingerprint density at radius 3 is 2.93 bits per heavy atom. The van der Waals surface area contributed by atoms with E-state index in [2.05, 4.69) is 15.0 Å². The third-order valence-corrected chi connectivity index (χ3v) is 5.81. The van der Waals surface area contributed by atoms with E-state index >= 15 is 0 Å². The van der Waals surface area contributed by atoms with E-state index in [1.165, 1.54) is 12.8 Å². The van der Waals surface area contributed by atoms with Crippen molar-refractivity contribution < 1.29 is 4.74 Å². The van der Waals surface area contributed by atoms with E-state index in [0.717, 1.165) is 61.1 Å². The van der Waals surface area contributed by atoms with E-state index in [-0.39, 0.29) is 5.92 Å². The fourth-order valence-corrected chi connectivity index (χ4v) is 4.14. The highest BCUT2D eigenvalue weighted by atomic mass is 16.5. The smallest absolute Gasteiger partial charge is 0.158 e. The largest absolute Gasteiger partial charge is 0.381 e. The zero-order chi connectivity index (χ0) is 18.4. The van der Waals surface area contributed by atoms with Gasteiger partial charge >= 0.3 is 0 Å². The molecule has 3 fully saturated rings. The molecule has 2 aliphatic heterocycles. The summed E-state index contributed by atoms with van der Waals surface area (Å²) in [6, 6.07) is 0.469. The topological polar surface area (TPSA) is 91.8 Å². The third-order valence-electron chi connectivity index (χ3n) is 5.81. The Hall–Kier alpha value is -2.35. The molecule has 1 N–H and O–H groups in total. The number of hydrogen-bond acceptors (Lipinski definition) is 7. The second kappa shape index (κ2) is 6.67. The van der Waals surface area contributed by atoms with Crippen molar-refractivity contribution in [3.8, 4) is 0 Å². The van der Waals surface area contributed by atoms with Crippen molar-refractivity contribution in [2.75, 3.05) is 31.2 Å². The van der Waals surface area contributed by atoms with Gasteiger partial charge in [0.15, 0.2) is 5.82 Å². The number of fused-ring (bicyclic) bond motifs is 1. The van der Waals surface area contributed by atoms with Crippen molar-refractivity contribution in [1.82, 2.24) is 19.6 Å². The predicted molar refractivity (Wildman–Crippen MR) is 103 cm³/mol. The molecule has 8 nitrogen and oxygen atoms in total. The fraction of sp³-hybridized carbons (Fsp3) is 0.632. The monoisotopic (exact) mass is 367 g/mol. The van der Waals surface area contributed by atoms with Crippen LogP contribution in [0, 0.1) is 18.3 Å². The number of aryl methyl sites for hydroxylation is 1. The summed E-state index contributed by atoms with van der Waals surface area (Å²) in [6.45, 7) is 5.08. The van der Waals surface area contributed by atoms with Crippen molar-refractivity contribution in [1.29, 1.82) is 5.41 Å². The van der Waals surface area contributed by atoms with Crippen LogP contribution < -0.4 is 4.90 Å². The lowest BCUT2D eigenvalue weighted by Crippen LogP contribution is -2.42. The molecule has 0 spiro atoms. The van der Waals surface area contributed by atoms with Crippen LogP contribution >= 0.6 is 0 Å². The highest BCUT2D eigenvalue weighted by molar-refractivity contribution is 6.02. The van der Waals surface area contributed by atoms with Gasteiger partial charge in [-0.1, -0.05) is 0 Å². The molecule has 2 atom stereocenters. The number of nitrogens with zero attached hydrogens (tertiary/aromatic N) is 6. The van der Waals surface area contributed by atoms with Crippen LogP contribution in [0.5, 0.6) is 0 Å². The van der Waals surface area contributed by atoms with Gasteiger partial charge in [-0.2, -0.15) is 5.10 Å². The maximum Gasteiger partial charge on any atom is 0.158 e. The Bertz CT molecular complexity index is 895. The van der Waals surface area contributed by atoms with Crippen LogP contribution in [0.1, 0.15) is 43.1 Å². The molecule has 2 unspecified atom stereocenters. The van der Waals surface area contributed by atoms with Gasteiger partial charge in [-0.25, -0.2) is 14.5 Å². The molecular formula is C19H25N7O. The predicted octanol–water partition coefficient (Wildman–Crippen LogP) is 2.02. The zero-order valence-corrected chi connectivity index (χ0v) is 15.6. The van der Waals surface area contributed by atoms with E-state index in [9.17, 15) is 0 Å². The Labute approximate surface area is 158 Å². The van der Waals surface area contributed by atoms with Crippen LogP contribution in [0.2, 0.25) is 0 Å². The minimum absolute atomic E-state index is 0.161. The number of hydrogen-bond donors (Lipinski definition) is 1. The van der Waals surface area contributed by atoms with Crippen LogP contribution in [0.15, 0.2) is 11.3 Å². The number of anilines is 1. The molecule has 142 valence electrons. The molecule has 0 aromatic carbocycles. The van der Waals surface area contributed by atoms with Gasteiger partial charge in [-0.05, 0) is 32.6 Å². The number of piperidine rings is 1. The number of ether oxygens (including phenoxy) is 1. The standard InChI is InChI=1S/C19H25N7O/c1-12-23-17(14-5-7-27-10-14)18-19(21-11-22-26(12)18)25-6-4-13(8-20)16(9-25)24-15-2-3-15/h8,11,13-15,20H,2-7,9-10H2,1H3. The van der Waals surface area contributed by atoms with Crippen LogP contribution in [-0.2, 0) is 4.74 Å². The molecular weight excluding hydrogens is 342 g/mol. The maximum absolute atomic E-state index is 7.77. The summed E-state index contributed by atoms with van der Waals surface area (Å²) in [4.78, 5) is 16.7. The summed E-state index contributed by atoms with van der Waals surface area (Å²) < 4.78 is 7.52. The molecule has 8 heteroatoms. The Morgan fingerprint density at radius 1 is 1.30 bits per heavy atom. The third kappa shape index (κ3) is 3.01. The number of imidazole rings is 1. The lowest BCUT2D eigenvalue weighted by Gasteiger charge is -2.33. The quantitative estimate of drug-likeness (QED) is 0.835. The Balaban J connectivity index is 1.55. The van der Waals surface area contributed by atoms with Crippen molar-refractivity contribution in [2.45, 2.75) is 44.6 Å². The molecule has 2 aromatic rings. The van der Waals surface area contributed by atoms with Gasteiger partial charge in [0.2, 0.25) is 0 Å². The summed E-state index contributed by atoms with van der Waals surface area (Å²) in [7, 11) is 0. The average molecular weight is 367 g/mol. The van der Waals surface area contributed by atoms with E-state index in [4.69, 9.17) is 20.1 Å². The highest BCUT2D eigenvalue weighted by Gasteiger charge is 2.32. The van der Waals surface area contributed by atoms with Crippen LogP contribution in [-0.4, -0.2) is 63.9 Å². The number of aromatic nitrogens is 4. The first-order valence-corrected chi connectivity index (χ1v) is 9.84. The van der Waals surface area contributed by atoms with Crippen molar-refractivity contribution in [3.63, 3.8) is 0 Å². The molecule has 4 heterocycles. The normalized spacial score (nSPS) is 27.6. The molecule has 1 aliphatic carbocycles. The van der Waals surface area contributed by atoms with E-state index in [0.29, 0.717) is 18.6 Å². The van der Waals surface area contributed by atoms with Crippen LogP contribution in [0.3, 0.4) is 0 Å². The van der Waals surface area contributed by atoms with Gasteiger partial charge in [0.1, 0.15) is 17.7 Å². The molecule has 0 amide bonds. The minimum Gasteiger partial charge on any atom is -0.381 e. The Kier molecular flexibility index (Phi) is 4.15. The first-order chi connectivity index (χ1) is 13.2. The second-order valence-corrected chi connectivity index (χ2v) is 7.78. The molecule has 1 saturated carbocycles. The number of rotatable bonds is 4. The van der Waals surface area contributed by atoms with Gasteiger partial charge < -0.3 is 15.0 Å². The van der Waals surface area contributed by atoms with Gasteiger partial charge in [-0.15, -0.1) is 0 Å². The maximum atomic E-state index is 7.77. The molecule has 0 radical (unpaired) electrons. The summed E-state index contributed by atoms with van der Waals surface area (Å²) in [5, 5.41) is 12.2. The van der Waals surface area contributed by atoms with Gasteiger partial charge in [0.05, 0.1) is 24.9 Å². The molecule has 2 saturated heterocycles. The van der Waals surface area contributed by atoms with Gasteiger partial charge in [0, 0.05) is 36.9 Å². The molecule has 27 heavy (non-hydrogen) atoms. The molecule has 5 rings (SSSR count). The number of aliphatic imine (C=N–C) groups is 1. The highest BCUT2D eigenvalue weighted by Crippen LogP contribution is 2.34. The lowest BCUT2D eigenvalue weighted by atomic mass is 9.95. The van der Waals surface area contributed by atoms with Gasteiger partial charge in [-0.3, -0.25) is 4.99 Å². The van der Waals surface area contributed by atoms with Gasteiger partial charge in [0.25, 0.3) is 0 Å². The average Bonchev–Trinajstić information content (AvgIpc) is 3.21. The van der Waals surface area contributed by atoms with Crippen molar-refractivity contribution in [3.05, 3.63) is 17.8 Å². The lowest BCUT2D eigenvalue weighted by molar-refractivity contribution is 0.193. The fourth-order valence-electron chi connectivity index (χ4n) is 4.14. The minimum atomic E-state index is 0.161. The second-order valence-electron chi connectivity index (χ2n) is 7.78. The zero-order valence-electron chi connectivity index (χ0n) is 15.6.